The van der Waals surface area contributed by atoms with Gasteiger partial charge in [0.1, 0.15) is 0 Å². The first-order valence-corrected chi connectivity index (χ1v) is 5.86. The van der Waals surface area contributed by atoms with Crippen molar-refractivity contribution < 1.29 is 19.1 Å². The first-order chi connectivity index (χ1) is 7.46. The zero-order valence-electron chi connectivity index (χ0n) is 11.9. The van der Waals surface area contributed by atoms with Crippen LogP contribution in [0.5, 0.6) is 0 Å². The van der Waals surface area contributed by atoms with Gasteiger partial charge in [-0.25, -0.2) is 4.79 Å². The quantitative estimate of drug-likeness (QED) is 0.713. The Bertz CT molecular complexity index is 284. The molecule has 4 heteroatoms. The third-order valence-corrected chi connectivity index (χ3v) is 1.96. The minimum atomic E-state index is -1.23. The van der Waals surface area contributed by atoms with Crippen molar-refractivity contribution in [1.29, 1.82) is 0 Å². The first kappa shape index (κ1) is 15.9. The van der Waals surface area contributed by atoms with E-state index in [0.717, 1.165) is 0 Å². The third-order valence-electron chi connectivity index (χ3n) is 1.96. The van der Waals surface area contributed by atoms with Crippen molar-refractivity contribution in [1.82, 2.24) is 0 Å². The lowest BCUT2D eigenvalue weighted by Crippen LogP contribution is -2.40. The second kappa shape index (κ2) is 5.52. The normalized spacial score (nSPS) is 12.5. The Kier molecular flexibility index (Phi) is 5.17. The molecule has 0 amide bonds. The molecule has 4 nitrogen and oxygen atoms in total. The van der Waals surface area contributed by atoms with E-state index in [2.05, 4.69) is 0 Å². The van der Waals surface area contributed by atoms with Gasteiger partial charge in [-0.05, 0) is 19.3 Å². The molecule has 0 atom stereocenters. The van der Waals surface area contributed by atoms with Crippen molar-refractivity contribution >= 4 is 11.9 Å². The summed E-state index contributed by atoms with van der Waals surface area (Å²) >= 11 is 0. The molecule has 0 bridgehead atoms. The van der Waals surface area contributed by atoms with Crippen molar-refractivity contribution in [3.63, 3.8) is 0 Å². The minimum Gasteiger partial charge on any atom is -0.462 e. The minimum absolute atomic E-state index is 0.103. The van der Waals surface area contributed by atoms with E-state index in [-0.39, 0.29) is 11.3 Å². The van der Waals surface area contributed by atoms with Crippen molar-refractivity contribution in [2.24, 2.45) is 11.3 Å². The Labute approximate surface area is 104 Å². The number of hydrogen-bond donors (Lipinski definition) is 0. The van der Waals surface area contributed by atoms with Crippen molar-refractivity contribution in [2.45, 2.75) is 54.1 Å². The molecule has 0 saturated heterocycles. The van der Waals surface area contributed by atoms with Crippen molar-refractivity contribution in [2.75, 3.05) is 6.61 Å². The second-order valence-electron chi connectivity index (χ2n) is 6.22. The number of esters is 2. The van der Waals surface area contributed by atoms with Gasteiger partial charge >= 0.3 is 11.9 Å². The number of carbonyl (C=O) groups is 2. The van der Waals surface area contributed by atoms with Crippen LogP contribution in [0, 0.1) is 11.3 Å². The summed E-state index contributed by atoms with van der Waals surface area (Å²) in [4.78, 5) is 23.2. The van der Waals surface area contributed by atoms with E-state index >= 15 is 0 Å². The molecule has 0 aliphatic rings. The van der Waals surface area contributed by atoms with Crippen LogP contribution in [-0.2, 0) is 19.1 Å². The van der Waals surface area contributed by atoms with E-state index in [0.29, 0.717) is 6.61 Å². The summed E-state index contributed by atoms with van der Waals surface area (Å²) in [6.45, 7) is 12.7. The Morgan fingerprint density at radius 3 is 1.88 bits per heavy atom. The highest BCUT2D eigenvalue weighted by molar-refractivity contribution is 5.83. The number of carbonyl (C=O) groups excluding carboxylic acids is 2. The lowest BCUT2D eigenvalue weighted by Gasteiger charge is -2.26. The highest BCUT2D eigenvalue weighted by Crippen LogP contribution is 2.18. The molecule has 0 aromatic rings. The molecule has 0 N–H and O–H groups in total. The summed E-state index contributed by atoms with van der Waals surface area (Å²) < 4.78 is 10.2. The van der Waals surface area contributed by atoms with Crippen LogP contribution in [0.25, 0.3) is 0 Å². The fourth-order valence-electron chi connectivity index (χ4n) is 0.867. The molecule has 100 valence electrons. The maximum absolute atomic E-state index is 11.8. The van der Waals surface area contributed by atoms with Gasteiger partial charge in [0.25, 0.3) is 0 Å². The molecule has 0 aliphatic carbocycles. The summed E-state index contributed by atoms with van der Waals surface area (Å²) in [5.41, 5.74) is -1.33. The Morgan fingerprint density at radius 1 is 1.06 bits per heavy atom. The van der Waals surface area contributed by atoms with Gasteiger partial charge in [0.05, 0.1) is 12.5 Å². The van der Waals surface area contributed by atoms with Crippen LogP contribution >= 0.6 is 0 Å². The van der Waals surface area contributed by atoms with Crippen LogP contribution in [0.15, 0.2) is 0 Å². The molecule has 17 heavy (non-hydrogen) atoms. The van der Waals surface area contributed by atoms with Gasteiger partial charge in [-0.3, -0.25) is 4.79 Å². The predicted molar refractivity (Wildman–Crippen MR) is 65.4 cm³/mol. The summed E-state index contributed by atoms with van der Waals surface area (Å²) in [5, 5.41) is 0. The Morgan fingerprint density at radius 2 is 1.53 bits per heavy atom. The van der Waals surface area contributed by atoms with Gasteiger partial charge in [0.2, 0.25) is 5.60 Å². The lowest BCUT2D eigenvalue weighted by molar-refractivity contribution is -0.182. The zero-order chi connectivity index (χ0) is 13.9. The van der Waals surface area contributed by atoms with Crippen LogP contribution < -0.4 is 0 Å². The third kappa shape index (κ3) is 6.29. The summed E-state index contributed by atoms with van der Waals surface area (Å²) in [6.07, 6.45) is 0. The van der Waals surface area contributed by atoms with Crippen LogP contribution in [0.3, 0.4) is 0 Å². The van der Waals surface area contributed by atoms with Crippen LogP contribution in [0.4, 0.5) is 0 Å². The molecule has 0 unspecified atom stereocenters. The van der Waals surface area contributed by atoms with Gasteiger partial charge < -0.3 is 9.47 Å². The summed E-state index contributed by atoms with van der Waals surface area (Å²) in [6, 6.07) is 0. The maximum atomic E-state index is 11.8. The molecule has 0 aliphatic heterocycles. The summed E-state index contributed by atoms with van der Waals surface area (Å²) in [5.74, 6) is -1.17. The maximum Gasteiger partial charge on any atom is 0.350 e. The van der Waals surface area contributed by atoms with Gasteiger partial charge in [0, 0.05) is 0 Å². The molecule has 0 rings (SSSR count). The fraction of sp³-hybridized carbons (Fsp3) is 0.846. The van der Waals surface area contributed by atoms with Crippen molar-refractivity contribution in [3.05, 3.63) is 0 Å². The number of rotatable bonds is 4. The number of hydrogen-bond acceptors (Lipinski definition) is 4. The molecular formula is C13H24O4. The monoisotopic (exact) mass is 244 g/mol. The SMILES string of the molecule is CC(C)C(=O)OC(C)(C)C(=O)OCC(C)(C)C. The highest BCUT2D eigenvalue weighted by atomic mass is 16.6. The molecule has 0 aromatic heterocycles. The van der Waals surface area contributed by atoms with E-state index in [1.165, 1.54) is 13.8 Å². The van der Waals surface area contributed by atoms with Crippen LogP contribution in [-0.4, -0.2) is 24.1 Å². The van der Waals surface area contributed by atoms with E-state index < -0.39 is 17.5 Å². The van der Waals surface area contributed by atoms with Gasteiger partial charge in [0.15, 0.2) is 0 Å². The summed E-state index contributed by atoms with van der Waals surface area (Å²) in [7, 11) is 0. The number of ether oxygens (including phenoxy) is 2. The first-order valence-electron chi connectivity index (χ1n) is 5.86. The molecule has 0 saturated carbocycles. The van der Waals surface area contributed by atoms with Crippen LogP contribution in [0.1, 0.15) is 48.5 Å². The average Bonchev–Trinajstić information content (AvgIpc) is 2.11. The molecule has 0 radical (unpaired) electrons. The topological polar surface area (TPSA) is 52.6 Å². The van der Waals surface area contributed by atoms with E-state index in [4.69, 9.17) is 9.47 Å². The molecule has 0 heterocycles. The standard InChI is InChI=1S/C13H24O4/c1-9(2)10(14)17-13(6,7)11(15)16-8-12(3,4)5/h9H,8H2,1-7H3. The lowest BCUT2D eigenvalue weighted by atomic mass is 9.98. The van der Waals surface area contributed by atoms with Gasteiger partial charge in [-0.2, -0.15) is 0 Å². The van der Waals surface area contributed by atoms with Crippen LogP contribution in [0.2, 0.25) is 0 Å². The van der Waals surface area contributed by atoms with E-state index in [9.17, 15) is 9.59 Å². The highest BCUT2D eigenvalue weighted by Gasteiger charge is 2.35. The average molecular weight is 244 g/mol. The zero-order valence-corrected chi connectivity index (χ0v) is 11.9. The smallest absolute Gasteiger partial charge is 0.350 e. The van der Waals surface area contributed by atoms with E-state index in [1.807, 2.05) is 20.8 Å². The molecule has 0 spiro atoms. The molecular weight excluding hydrogens is 220 g/mol. The Balaban J connectivity index is 4.40. The van der Waals surface area contributed by atoms with E-state index in [1.54, 1.807) is 13.8 Å². The fourth-order valence-corrected chi connectivity index (χ4v) is 0.867. The molecule has 0 fully saturated rings. The van der Waals surface area contributed by atoms with Gasteiger partial charge in [-0.1, -0.05) is 34.6 Å². The van der Waals surface area contributed by atoms with Crippen molar-refractivity contribution in [3.8, 4) is 0 Å². The largest absolute Gasteiger partial charge is 0.462 e. The Hall–Kier alpha value is -1.06. The predicted octanol–water partition coefficient (Wildman–Crippen LogP) is 2.55. The second-order valence-corrected chi connectivity index (χ2v) is 6.22. The molecule has 0 aromatic carbocycles. The van der Waals surface area contributed by atoms with Gasteiger partial charge in [-0.15, -0.1) is 0 Å².